The fraction of sp³-hybridized carbons (Fsp3) is 0.444. The number of carbonyl (C=O) groups excluding carboxylic acids is 2. The van der Waals surface area contributed by atoms with Crippen molar-refractivity contribution < 1.29 is 14.3 Å². The number of amides is 2. The number of nitrogens with zero attached hydrogens (tertiary/aromatic N) is 1. The van der Waals surface area contributed by atoms with Crippen molar-refractivity contribution in [2.75, 3.05) is 6.54 Å². The summed E-state index contributed by atoms with van der Waals surface area (Å²) < 4.78 is 6.55. The molecule has 0 aromatic heterocycles. The molecule has 2 amide bonds. The van der Waals surface area contributed by atoms with E-state index in [1.54, 1.807) is 20.8 Å². The summed E-state index contributed by atoms with van der Waals surface area (Å²) >= 11 is 6.16. The number of imide groups is 1. The number of carbonyl (C=O) groups is 2. The summed E-state index contributed by atoms with van der Waals surface area (Å²) in [5.41, 5.74) is 1.10. The van der Waals surface area contributed by atoms with Crippen molar-refractivity contribution in [2.45, 2.75) is 45.0 Å². The molecule has 0 fully saturated rings. The molecule has 130 valence electrons. The van der Waals surface area contributed by atoms with E-state index in [1.165, 1.54) is 9.36 Å². The molecule has 1 aliphatic rings. The van der Waals surface area contributed by atoms with Crippen LogP contribution >= 0.6 is 11.6 Å². The van der Waals surface area contributed by atoms with Gasteiger partial charge in [-0.15, -0.1) is 0 Å². The maximum absolute atomic E-state index is 12.5. The van der Waals surface area contributed by atoms with Crippen LogP contribution in [0.5, 0.6) is 0 Å². The fourth-order valence-electron chi connectivity index (χ4n) is 2.34. The van der Waals surface area contributed by atoms with Crippen LogP contribution in [0.15, 0.2) is 35.4 Å². The minimum atomic E-state index is -0.605. The molecule has 6 heteroatoms. The van der Waals surface area contributed by atoms with Crippen molar-refractivity contribution >= 4 is 43.0 Å². The number of halogens is 1. The van der Waals surface area contributed by atoms with E-state index < -0.39 is 11.7 Å². The van der Waals surface area contributed by atoms with Crippen LogP contribution in [0.1, 0.15) is 34.1 Å². The first-order valence-electron chi connectivity index (χ1n) is 7.79. The summed E-state index contributed by atoms with van der Waals surface area (Å²) in [6.45, 7) is 7.62. The van der Waals surface area contributed by atoms with Crippen LogP contribution in [0, 0.1) is 0 Å². The van der Waals surface area contributed by atoms with Gasteiger partial charge < -0.3 is 0 Å². The average molecular weight is 415 g/mol. The molecule has 0 bridgehead atoms. The zero-order valence-electron chi connectivity index (χ0n) is 14.4. The molecule has 0 N–H and O–H groups in total. The average Bonchev–Trinajstić information content (AvgIpc) is 2.75. The zero-order valence-corrected chi connectivity index (χ0v) is 16.9. The fourth-order valence-corrected chi connectivity index (χ4v) is 4.29. The Hall–Kier alpha value is -1.29. The van der Waals surface area contributed by atoms with Gasteiger partial charge in [0, 0.05) is 0 Å². The third-order valence-electron chi connectivity index (χ3n) is 3.46. The molecule has 0 saturated carbocycles. The first-order chi connectivity index (χ1) is 11.2. The predicted molar refractivity (Wildman–Crippen MR) is 96.9 cm³/mol. The molecule has 0 unspecified atom stereocenters. The van der Waals surface area contributed by atoms with Gasteiger partial charge in [-0.3, -0.25) is 0 Å². The molecule has 2 rings (SSSR count). The second-order valence-corrected chi connectivity index (χ2v) is 9.57. The van der Waals surface area contributed by atoms with Crippen LogP contribution in [-0.2, 0) is 9.53 Å². The van der Waals surface area contributed by atoms with E-state index in [4.69, 9.17) is 16.3 Å². The number of hydrogen-bond acceptors (Lipinski definition) is 3. The number of benzene rings is 1. The van der Waals surface area contributed by atoms with E-state index in [9.17, 15) is 9.59 Å². The van der Waals surface area contributed by atoms with E-state index in [2.05, 4.69) is 0 Å². The molecular formula is C18H22ClNO3Se. The summed E-state index contributed by atoms with van der Waals surface area (Å²) in [5, 5.41) is 1.64. The van der Waals surface area contributed by atoms with Crippen LogP contribution in [0.2, 0.25) is 10.3 Å². The summed E-state index contributed by atoms with van der Waals surface area (Å²) in [4.78, 5) is 25.8. The summed E-state index contributed by atoms with van der Waals surface area (Å²) in [7, 11) is 0. The minimum absolute atomic E-state index is 0.214. The number of ether oxygens (including phenoxy) is 1. The quantitative estimate of drug-likeness (QED) is 0.708. The molecule has 0 aliphatic carbocycles. The Morgan fingerprint density at radius 1 is 1.29 bits per heavy atom. The monoisotopic (exact) mass is 415 g/mol. The third kappa shape index (κ3) is 5.10. The Morgan fingerprint density at radius 3 is 2.50 bits per heavy atom. The normalized spacial score (nSPS) is 15.2. The molecule has 24 heavy (non-hydrogen) atoms. The van der Waals surface area contributed by atoms with Crippen molar-refractivity contribution in [1.82, 2.24) is 4.90 Å². The second kappa shape index (κ2) is 7.73. The molecule has 1 heterocycles. The predicted octanol–water partition coefficient (Wildman–Crippen LogP) is 3.57. The summed E-state index contributed by atoms with van der Waals surface area (Å²) in [6.07, 6.45) is 0.122. The van der Waals surface area contributed by atoms with Gasteiger partial charge in [-0.25, -0.2) is 0 Å². The van der Waals surface area contributed by atoms with E-state index in [-0.39, 0.29) is 20.9 Å². The van der Waals surface area contributed by atoms with Crippen molar-refractivity contribution in [2.24, 2.45) is 0 Å². The molecule has 0 saturated heterocycles. The summed E-state index contributed by atoms with van der Waals surface area (Å²) in [6, 6.07) is 7.81. The van der Waals surface area contributed by atoms with Crippen LogP contribution in [0.4, 0.5) is 4.79 Å². The maximum atomic E-state index is 12.5. The molecule has 4 nitrogen and oxygen atoms in total. The van der Waals surface area contributed by atoms with Gasteiger partial charge in [0.25, 0.3) is 0 Å². The van der Waals surface area contributed by atoms with Gasteiger partial charge in [-0.1, -0.05) is 0 Å². The van der Waals surface area contributed by atoms with Gasteiger partial charge >= 0.3 is 154 Å². The van der Waals surface area contributed by atoms with Crippen molar-refractivity contribution in [3.63, 3.8) is 0 Å². The molecule has 0 radical (unpaired) electrons. The topological polar surface area (TPSA) is 46.6 Å². The third-order valence-corrected chi connectivity index (χ3v) is 5.84. The van der Waals surface area contributed by atoms with Crippen LogP contribution in [0.25, 0.3) is 0 Å². The molecular weight excluding hydrogens is 393 g/mol. The van der Waals surface area contributed by atoms with E-state index in [0.29, 0.717) is 13.0 Å². The first-order valence-corrected chi connectivity index (χ1v) is 10.2. The van der Waals surface area contributed by atoms with Crippen LogP contribution in [0.3, 0.4) is 0 Å². The second-order valence-electron chi connectivity index (χ2n) is 6.68. The van der Waals surface area contributed by atoms with Crippen LogP contribution in [-0.4, -0.2) is 44.0 Å². The van der Waals surface area contributed by atoms with Gasteiger partial charge in [-0.05, 0) is 0 Å². The SMILES string of the molecule is CC1=C(CC[Se]c2ccc(Cl)cc2)C(=O)N(C(=O)OC(C)(C)C)C1. The van der Waals surface area contributed by atoms with Crippen molar-refractivity contribution in [3.8, 4) is 0 Å². The molecule has 0 atom stereocenters. The molecule has 1 aromatic carbocycles. The summed E-state index contributed by atoms with van der Waals surface area (Å²) in [5.74, 6) is -0.214. The molecule has 1 aromatic rings. The zero-order chi connectivity index (χ0) is 17.9. The van der Waals surface area contributed by atoms with E-state index >= 15 is 0 Å². The Bertz CT molecular complexity index is 662. The Labute approximate surface area is 154 Å². The van der Waals surface area contributed by atoms with Crippen LogP contribution < -0.4 is 4.46 Å². The number of rotatable bonds is 4. The molecule has 1 aliphatic heterocycles. The first kappa shape index (κ1) is 19.0. The van der Waals surface area contributed by atoms with Crippen molar-refractivity contribution in [3.05, 3.63) is 40.4 Å². The molecule has 0 spiro atoms. The van der Waals surface area contributed by atoms with E-state index in [1.807, 2.05) is 31.2 Å². The van der Waals surface area contributed by atoms with Gasteiger partial charge in [0.2, 0.25) is 0 Å². The Morgan fingerprint density at radius 2 is 1.92 bits per heavy atom. The number of hydrogen-bond donors (Lipinski definition) is 0. The van der Waals surface area contributed by atoms with Gasteiger partial charge in [0.1, 0.15) is 0 Å². The van der Waals surface area contributed by atoms with Gasteiger partial charge in [-0.2, -0.15) is 0 Å². The Kier molecular flexibility index (Phi) is 6.13. The van der Waals surface area contributed by atoms with Gasteiger partial charge in [0.15, 0.2) is 0 Å². The van der Waals surface area contributed by atoms with Crippen molar-refractivity contribution in [1.29, 1.82) is 0 Å². The van der Waals surface area contributed by atoms with E-state index in [0.717, 1.165) is 21.5 Å². The van der Waals surface area contributed by atoms with Gasteiger partial charge in [0.05, 0.1) is 0 Å². The standard InChI is InChI=1S/C18H22ClNO3Se/c1-12-11-20(17(22)23-18(2,3)4)16(21)15(12)9-10-24-14-7-5-13(19)6-8-14/h5-8H,9-11H2,1-4H3. The Balaban J connectivity index is 1.91.